The molecule has 5 nitrogen and oxygen atoms in total. The van der Waals surface area contributed by atoms with Gasteiger partial charge >= 0.3 is 0 Å². The summed E-state index contributed by atoms with van der Waals surface area (Å²) in [4.78, 5) is 20.6. The maximum Gasteiger partial charge on any atom is 0.251 e. The van der Waals surface area contributed by atoms with Crippen LogP contribution in [-0.2, 0) is 6.54 Å². The van der Waals surface area contributed by atoms with Crippen molar-refractivity contribution >= 4 is 5.91 Å². The highest BCUT2D eigenvalue weighted by atomic mass is 16.5. The van der Waals surface area contributed by atoms with Gasteiger partial charge in [-0.25, -0.2) is 0 Å². The van der Waals surface area contributed by atoms with Crippen LogP contribution in [0.15, 0.2) is 67.1 Å². The predicted octanol–water partition coefficient (Wildman–Crippen LogP) is 3.08. The number of methoxy groups -OCH3 is 1. The van der Waals surface area contributed by atoms with Gasteiger partial charge in [-0.3, -0.25) is 14.8 Å². The Bertz CT molecular complexity index is 818. The number of hydrogen-bond acceptors (Lipinski definition) is 4. The van der Waals surface area contributed by atoms with E-state index in [1.807, 2.05) is 24.3 Å². The lowest BCUT2D eigenvalue weighted by molar-refractivity contribution is 0.0951. The Morgan fingerprint density at radius 1 is 1.12 bits per heavy atom. The summed E-state index contributed by atoms with van der Waals surface area (Å²) in [5.41, 5.74) is 3.35. The van der Waals surface area contributed by atoms with Crippen LogP contribution in [0, 0.1) is 0 Å². The molecule has 0 aliphatic carbocycles. The zero-order valence-corrected chi connectivity index (χ0v) is 13.3. The van der Waals surface area contributed by atoms with Crippen molar-refractivity contribution in [3.63, 3.8) is 0 Å². The molecule has 2 aromatic heterocycles. The predicted molar refractivity (Wildman–Crippen MR) is 91.6 cm³/mol. The number of nitrogens with one attached hydrogen (secondary N) is 1. The molecule has 3 aromatic rings. The number of nitrogens with zero attached hydrogens (tertiary/aromatic N) is 2. The largest absolute Gasteiger partial charge is 0.497 e. The number of carbonyl (C=O) groups is 1. The van der Waals surface area contributed by atoms with Gasteiger partial charge in [0.1, 0.15) is 5.75 Å². The Labute approximate surface area is 140 Å². The van der Waals surface area contributed by atoms with E-state index in [-0.39, 0.29) is 5.91 Å². The van der Waals surface area contributed by atoms with Crippen LogP contribution in [0.5, 0.6) is 5.75 Å². The molecule has 3 rings (SSSR count). The molecular formula is C19H17N3O2. The summed E-state index contributed by atoms with van der Waals surface area (Å²) in [5.74, 6) is 0.596. The van der Waals surface area contributed by atoms with Crippen molar-refractivity contribution in [2.75, 3.05) is 7.11 Å². The summed E-state index contributed by atoms with van der Waals surface area (Å²) in [6, 6.07) is 14.7. The fourth-order valence-corrected chi connectivity index (χ4v) is 2.28. The van der Waals surface area contributed by atoms with Crippen LogP contribution in [0.4, 0.5) is 0 Å². The highest BCUT2D eigenvalue weighted by Crippen LogP contribution is 2.16. The second-order valence-corrected chi connectivity index (χ2v) is 5.20. The van der Waals surface area contributed by atoms with Crippen LogP contribution in [0.1, 0.15) is 15.9 Å². The minimum absolute atomic E-state index is 0.127. The Balaban J connectivity index is 1.67. The number of amides is 1. The smallest absolute Gasteiger partial charge is 0.251 e. The third kappa shape index (κ3) is 3.76. The van der Waals surface area contributed by atoms with E-state index in [1.165, 1.54) is 0 Å². The lowest BCUT2D eigenvalue weighted by Gasteiger charge is -2.07. The highest BCUT2D eigenvalue weighted by molar-refractivity contribution is 5.94. The molecule has 1 aromatic carbocycles. The standard InChI is InChI=1S/C19H17N3O2/c1-24-17-6-4-15(5-7-17)19(23)22-12-14-8-10-21-18(11-14)16-3-2-9-20-13-16/h2-11,13H,12H2,1H3,(H,22,23). The summed E-state index contributed by atoms with van der Waals surface area (Å²) >= 11 is 0. The number of carbonyl (C=O) groups excluding carboxylic acids is 1. The zero-order chi connectivity index (χ0) is 16.8. The van der Waals surface area contributed by atoms with Crippen molar-refractivity contribution in [3.8, 4) is 17.0 Å². The van der Waals surface area contributed by atoms with Crippen LogP contribution in [-0.4, -0.2) is 23.0 Å². The maximum absolute atomic E-state index is 12.2. The molecule has 0 saturated heterocycles. The van der Waals surface area contributed by atoms with E-state index in [1.54, 1.807) is 50.0 Å². The van der Waals surface area contributed by atoms with E-state index in [9.17, 15) is 4.79 Å². The van der Waals surface area contributed by atoms with Crippen LogP contribution in [0.3, 0.4) is 0 Å². The van der Waals surface area contributed by atoms with Gasteiger partial charge in [0, 0.05) is 36.3 Å². The SMILES string of the molecule is COc1ccc(C(=O)NCc2ccnc(-c3cccnc3)c2)cc1. The van der Waals surface area contributed by atoms with Crippen LogP contribution >= 0.6 is 0 Å². The first kappa shape index (κ1) is 15.7. The van der Waals surface area contributed by atoms with Crippen LogP contribution in [0.2, 0.25) is 0 Å². The Morgan fingerprint density at radius 3 is 2.67 bits per heavy atom. The number of aromatic nitrogens is 2. The molecule has 0 atom stereocenters. The molecule has 1 N–H and O–H groups in total. The van der Waals surface area contributed by atoms with E-state index in [0.29, 0.717) is 12.1 Å². The number of hydrogen-bond donors (Lipinski definition) is 1. The minimum atomic E-state index is -0.127. The number of benzene rings is 1. The molecular weight excluding hydrogens is 302 g/mol. The minimum Gasteiger partial charge on any atom is -0.497 e. The van der Waals surface area contributed by atoms with Crippen molar-refractivity contribution in [1.82, 2.24) is 15.3 Å². The molecule has 0 fully saturated rings. The summed E-state index contributed by atoms with van der Waals surface area (Å²) in [5, 5.41) is 2.91. The Morgan fingerprint density at radius 2 is 1.96 bits per heavy atom. The molecule has 0 bridgehead atoms. The molecule has 0 aliphatic heterocycles. The topological polar surface area (TPSA) is 64.1 Å². The number of ether oxygens (including phenoxy) is 1. The zero-order valence-electron chi connectivity index (χ0n) is 13.3. The maximum atomic E-state index is 12.2. The van der Waals surface area contributed by atoms with Gasteiger partial charge in [-0.1, -0.05) is 0 Å². The van der Waals surface area contributed by atoms with Gasteiger partial charge in [0.05, 0.1) is 12.8 Å². The molecule has 5 heteroatoms. The van der Waals surface area contributed by atoms with Gasteiger partial charge in [0.15, 0.2) is 0 Å². The fraction of sp³-hybridized carbons (Fsp3) is 0.105. The lowest BCUT2D eigenvalue weighted by Crippen LogP contribution is -2.22. The molecule has 120 valence electrons. The summed E-state index contributed by atoms with van der Waals surface area (Å²) in [7, 11) is 1.60. The fourth-order valence-electron chi connectivity index (χ4n) is 2.28. The molecule has 2 heterocycles. The molecule has 24 heavy (non-hydrogen) atoms. The van der Waals surface area contributed by atoms with E-state index < -0.39 is 0 Å². The number of pyridine rings is 2. The van der Waals surface area contributed by atoms with E-state index in [2.05, 4.69) is 15.3 Å². The summed E-state index contributed by atoms with van der Waals surface area (Å²) < 4.78 is 5.09. The van der Waals surface area contributed by atoms with Gasteiger partial charge in [0.25, 0.3) is 5.91 Å². The highest BCUT2D eigenvalue weighted by Gasteiger charge is 2.06. The van der Waals surface area contributed by atoms with Crippen LogP contribution < -0.4 is 10.1 Å². The third-order valence-corrected chi connectivity index (χ3v) is 3.59. The normalized spacial score (nSPS) is 10.2. The summed E-state index contributed by atoms with van der Waals surface area (Å²) in [6.45, 7) is 0.431. The molecule has 0 unspecified atom stereocenters. The van der Waals surface area contributed by atoms with Crippen LogP contribution in [0.25, 0.3) is 11.3 Å². The monoisotopic (exact) mass is 319 g/mol. The van der Waals surface area contributed by atoms with Crippen molar-refractivity contribution in [1.29, 1.82) is 0 Å². The average Bonchev–Trinajstić information content (AvgIpc) is 2.67. The van der Waals surface area contributed by atoms with E-state index in [4.69, 9.17) is 4.74 Å². The average molecular weight is 319 g/mol. The van der Waals surface area contributed by atoms with Crippen molar-refractivity contribution < 1.29 is 9.53 Å². The second-order valence-electron chi connectivity index (χ2n) is 5.20. The first-order valence-corrected chi connectivity index (χ1v) is 7.54. The van der Waals surface area contributed by atoms with E-state index >= 15 is 0 Å². The van der Waals surface area contributed by atoms with Crippen molar-refractivity contribution in [3.05, 3.63) is 78.2 Å². The molecule has 0 aliphatic rings. The molecule has 0 radical (unpaired) electrons. The van der Waals surface area contributed by atoms with Gasteiger partial charge in [-0.05, 0) is 54.1 Å². The van der Waals surface area contributed by atoms with Gasteiger partial charge < -0.3 is 10.1 Å². The quantitative estimate of drug-likeness (QED) is 0.785. The first-order chi connectivity index (χ1) is 11.8. The third-order valence-electron chi connectivity index (χ3n) is 3.59. The molecule has 0 spiro atoms. The van der Waals surface area contributed by atoms with Gasteiger partial charge in [-0.15, -0.1) is 0 Å². The number of rotatable bonds is 5. The molecule has 1 amide bonds. The molecule has 0 saturated carbocycles. The van der Waals surface area contributed by atoms with Crippen molar-refractivity contribution in [2.45, 2.75) is 6.54 Å². The first-order valence-electron chi connectivity index (χ1n) is 7.54. The second kappa shape index (κ2) is 7.37. The Hall–Kier alpha value is -3.21. The van der Waals surface area contributed by atoms with Crippen molar-refractivity contribution in [2.24, 2.45) is 0 Å². The van der Waals surface area contributed by atoms with Gasteiger partial charge in [0.2, 0.25) is 0 Å². The van der Waals surface area contributed by atoms with E-state index in [0.717, 1.165) is 22.6 Å². The summed E-state index contributed by atoms with van der Waals surface area (Å²) in [6.07, 6.45) is 5.22. The lowest BCUT2D eigenvalue weighted by atomic mass is 10.1. The van der Waals surface area contributed by atoms with Gasteiger partial charge in [-0.2, -0.15) is 0 Å². The Kier molecular flexibility index (Phi) is 4.81.